The Bertz CT molecular complexity index is 963. The van der Waals surface area contributed by atoms with Crippen LogP contribution in [0.1, 0.15) is 5.56 Å². The van der Waals surface area contributed by atoms with Crippen LogP contribution in [-0.2, 0) is 6.61 Å². The van der Waals surface area contributed by atoms with Crippen LogP contribution in [0, 0.1) is 0 Å². The zero-order valence-electron chi connectivity index (χ0n) is 13.2. The smallest absolute Gasteiger partial charge is 0.123 e. The molecular weight excluding hydrogens is 294 g/mol. The molecule has 3 aromatic carbocycles. The van der Waals surface area contributed by atoms with Crippen molar-refractivity contribution in [2.45, 2.75) is 6.61 Å². The Hall–Kier alpha value is -3.13. The van der Waals surface area contributed by atoms with Gasteiger partial charge in [-0.15, -0.1) is 0 Å². The van der Waals surface area contributed by atoms with Crippen LogP contribution in [-0.4, -0.2) is 4.98 Å². The van der Waals surface area contributed by atoms with Crippen molar-refractivity contribution in [2.75, 3.05) is 0 Å². The minimum atomic E-state index is 0.558. The molecule has 2 heteroatoms. The van der Waals surface area contributed by atoms with Crippen LogP contribution in [0.5, 0.6) is 5.75 Å². The lowest BCUT2D eigenvalue weighted by molar-refractivity contribution is 0.306. The molecular formula is C22H17NO. The van der Waals surface area contributed by atoms with E-state index in [0.717, 1.165) is 22.6 Å². The maximum atomic E-state index is 5.90. The molecule has 0 saturated heterocycles. The topological polar surface area (TPSA) is 22.1 Å². The SMILES string of the molecule is c1ccc(COc2ccnc(-c3ccc4ccccc4c3)c2)cc1. The fourth-order valence-corrected chi connectivity index (χ4v) is 2.75. The number of hydrogen-bond acceptors (Lipinski definition) is 2. The van der Waals surface area contributed by atoms with E-state index in [-0.39, 0.29) is 0 Å². The summed E-state index contributed by atoms with van der Waals surface area (Å²) in [5, 5.41) is 2.45. The van der Waals surface area contributed by atoms with Gasteiger partial charge in [-0.1, -0.05) is 66.7 Å². The summed E-state index contributed by atoms with van der Waals surface area (Å²) in [5.41, 5.74) is 3.17. The van der Waals surface area contributed by atoms with Gasteiger partial charge in [-0.2, -0.15) is 0 Å². The number of nitrogens with zero attached hydrogens (tertiary/aromatic N) is 1. The molecule has 0 unspecified atom stereocenters. The summed E-state index contributed by atoms with van der Waals surface area (Å²) < 4.78 is 5.90. The van der Waals surface area contributed by atoms with Crippen LogP contribution in [0.25, 0.3) is 22.0 Å². The minimum Gasteiger partial charge on any atom is -0.489 e. The van der Waals surface area contributed by atoms with Crippen LogP contribution < -0.4 is 4.74 Å². The first kappa shape index (κ1) is 14.5. The van der Waals surface area contributed by atoms with Crippen LogP contribution in [0.4, 0.5) is 0 Å². The highest BCUT2D eigenvalue weighted by Crippen LogP contribution is 2.25. The fraction of sp³-hybridized carbons (Fsp3) is 0.0455. The normalized spacial score (nSPS) is 10.7. The Balaban J connectivity index is 1.59. The first-order valence-corrected chi connectivity index (χ1v) is 8.00. The highest BCUT2D eigenvalue weighted by Gasteiger charge is 2.03. The number of pyridine rings is 1. The van der Waals surface area contributed by atoms with Gasteiger partial charge in [-0.05, 0) is 28.5 Å². The second-order valence-electron chi connectivity index (χ2n) is 5.71. The van der Waals surface area contributed by atoms with E-state index in [1.54, 1.807) is 6.20 Å². The molecule has 0 saturated carbocycles. The van der Waals surface area contributed by atoms with Crippen LogP contribution >= 0.6 is 0 Å². The van der Waals surface area contributed by atoms with Gasteiger partial charge in [0.2, 0.25) is 0 Å². The molecule has 24 heavy (non-hydrogen) atoms. The van der Waals surface area contributed by atoms with Crippen molar-refractivity contribution in [2.24, 2.45) is 0 Å². The maximum Gasteiger partial charge on any atom is 0.123 e. The van der Waals surface area contributed by atoms with Gasteiger partial charge in [0, 0.05) is 17.8 Å². The third kappa shape index (κ3) is 3.13. The average molecular weight is 311 g/mol. The molecule has 2 nitrogen and oxygen atoms in total. The molecule has 0 aliphatic heterocycles. The molecule has 0 radical (unpaired) electrons. The third-order valence-corrected chi connectivity index (χ3v) is 4.02. The molecule has 1 aromatic heterocycles. The number of aromatic nitrogens is 1. The summed E-state index contributed by atoms with van der Waals surface area (Å²) in [6.45, 7) is 0.558. The van der Waals surface area contributed by atoms with Crippen molar-refractivity contribution in [1.29, 1.82) is 0 Å². The number of fused-ring (bicyclic) bond motifs is 1. The van der Waals surface area contributed by atoms with E-state index in [1.165, 1.54) is 10.8 Å². The molecule has 4 rings (SSSR count). The van der Waals surface area contributed by atoms with Crippen molar-refractivity contribution >= 4 is 10.8 Å². The largest absolute Gasteiger partial charge is 0.489 e. The lowest BCUT2D eigenvalue weighted by Crippen LogP contribution is -1.95. The van der Waals surface area contributed by atoms with Crippen LogP contribution in [0.15, 0.2) is 91.1 Å². The Morgan fingerprint density at radius 2 is 1.50 bits per heavy atom. The van der Waals surface area contributed by atoms with Crippen molar-refractivity contribution in [3.05, 3.63) is 96.7 Å². The van der Waals surface area contributed by atoms with E-state index in [9.17, 15) is 0 Å². The number of hydrogen-bond donors (Lipinski definition) is 0. The molecule has 1 heterocycles. The molecule has 0 atom stereocenters. The second-order valence-corrected chi connectivity index (χ2v) is 5.71. The van der Waals surface area contributed by atoms with Crippen LogP contribution in [0.3, 0.4) is 0 Å². The summed E-state index contributed by atoms with van der Waals surface area (Å²) >= 11 is 0. The lowest BCUT2D eigenvalue weighted by Gasteiger charge is -2.08. The van der Waals surface area contributed by atoms with Crippen LogP contribution in [0.2, 0.25) is 0 Å². The van der Waals surface area contributed by atoms with Gasteiger partial charge in [0.25, 0.3) is 0 Å². The monoisotopic (exact) mass is 311 g/mol. The predicted octanol–water partition coefficient (Wildman–Crippen LogP) is 5.48. The van der Waals surface area contributed by atoms with Gasteiger partial charge >= 0.3 is 0 Å². The summed E-state index contributed by atoms with van der Waals surface area (Å²) in [6, 6.07) is 28.8. The van der Waals surface area contributed by atoms with E-state index >= 15 is 0 Å². The first-order chi connectivity index (χ1) is 11.9. The Kier molecular flexibility index (Phi) is 3.95. The van der Waals surface area contributed by atoms with E-state index in [0.29, 0.717) is 6.61 Å². The van der Waals surface area contributed by atoms with E-state index in [2.05, 4.69) is 59.6 Å². The minimum absolute atomic E-state index is 0.558. The fourth-order valence-electron chi connectivity index (χ4n) is 2.75. The van der Waals surface area contributed by atoms with Crippen molar-refractivity contribution in [1.82, 2.24) is 4.98 Å². The molecule has 116 valence electrons. The van der Waals surface area contributed by atoms with E-state index < -0.39 is 0 Å². The zero-order chi connectivity index (χ0) is 16.2. The molecule has 0 N–H and O–H groups in total. The van der Waals surface area contributed by atoms with Gasteiger partial charge in [0.05, 0.1) is 5.69 Å². The van der Waals surface area contributed by atoms with E-state index in [1.807, 2.05) is 30.3 Å². The second kappa shape index (κ2) is 6.55. The summed E-state index contributed by atoms with van der Waals surface area (Å²) in [4.78, 5) is 4.49. The quantitative estimate of drug-likeness (QED) is 0.498. The molecule has 0 amide bonds. The molecule has 0 aliphatic carbocycles. The number of rotatable bonds is 4. The molecule has 0 spiro atoms. The molecule has 0 aliphatic rings. The highest BCUT2D eigenvalue weighted by molar-refractivity contribution is 5.86. The van der Waals surface area contributed by atoms with Gasteiger partial charge in [0.1, 0.15) is 12.4 Å². The summed E-state index contributed by atoms with van der Waals surface area (Å²) in [7, 11) is 0. The summed E-state index contributed by atoms with van der Waals surface area (Å²) in [5.74, 6) is 0.831. The first-order valence-electron chi connectivity index (χ1n) is 8.00. The third-order valence-electron chi connectivity index (χ3n) is 4.02. The van der Waals surface area contributed by atoms with Gasteiger partial charge in [-0.25, -0.2) is 0 Å². The molecule has 0 fully saturated rings. The standard InChI is InChI=1S/C22H17NO/c1-2-6-17(7-3-1)16-24-21-12-13-23-22(15-21)20-11-10-18-8-4-5-9-19(18)14-20/h1-15H,16H2. The van der Waals surface area contributed by atoms with Gasteiger partial charge in [0.15, 0.2) is 0 Å². The Labute approximate surface area is 141 Å². The zero-order valence-corrected chi connectivity index (χ0v) is 13.2. The van der Waals surface area contributed by atoms with E-state index in [4.69, 9.17) is 4.74 Å². The number of benzene rings is 3. The Morgan fingerprint density at radius 1 is 0.708 bits per heavy atom. The molecule has 0 bridgehead atoms. The molecule has 4 aromatic rings. The predicted molar refractivity (Wildman–Crippen MR) is 98.0 cm³/mol. The highest BCUT2D eigenvalue weighted by atomic mass is 16.5. The van der Waals surface area contributed by atoms with Crippen molar-refractivity contribution in [3.63, 3.8) is 0 Å². The Morgan fingerprint density at radius 3 is 2.38 bits per heavy atom. The van der Waals surface area contributed by atoms with Crippen molar-refractivity contribution < 1.29 is 4.74 Å². The van der Waals surface area contributed by atoms with Gasteiger partial charge in [-0.3, -0.25) is 4.98 Å². The average Bonchev–Trinajstić information content (AvgIpc) is 2.67. The lowest BCUT2D eigenvalue weighted by atomic mass is 10.0. The number of ether oxygens (including phenoxy) is 1. The van der Waals surface area contributed by atoms with Gasteiger partial charge < -0.3 is 4.74 Å². The van der Waals surface area contributed by atoms with Crippen molar-refractivity contribution in [3.8, 4) is 17.0 Å². The summed E-state index contributed by atoms with van der Waals surface area (Å²) in [6.07, 6.45) is 1.80. The maximum absolute atomic E-state index is 5.90.